The molecule has 0 bridgehead atoms. The fraction of sp³-hybridized carbons (Fsp3) is 0.360. The maximum Gasteiger partial charge on any atom is -0.00233 e. The van der Waals surface area contributed by atoms with E-state index in [1.165, 1.54) is 98.7 Å². The summed E-state index contributed by atoms with van der Waals surface area (Å²) in [6.45, 7) is 32.5. The van der Waals surface area contributed by atoms with Gasteiger partial charge in [0.25, 0.3) is 0 Å². The summed E-state index contributed by atoms with van der Waals surface area (Å²) in [6.07, 6.45) is 0. The van der Waals surface area contributed by atoms with Crippen molar-refractivity contribution in [2.45, 2.75) is 119 Å². The maximum atomic E-state index is 2.49. The molecule has 0 aliphatic rings. The molecule has 0 aliphatic carbocycles. The first kappa shape index (κ1) is 34.3. The van der Waals surface area contributed by atoms with E-state index in [0.29, 0.717) is 0 Å². The van der Waals surface area contributed by atoms with Gasteiger partial charge in [0.15, 0.2) is 0 Å². The molecule has 0 amide bonds. The molecule has 0 nitrogen and oxygen atoms in total. The van der Waals surface area contributed by atoms with Crippen LogP contribution in [0.15, 0.2) is 84.9 Å². The maximum absolute atomic E-state index is 2.49. The number of hydrogen-bond acceptors (Lipinski definition) is 0. The summed E-state index contributed by atoms with van der Waals surface area (Å²) in [5, 5.41) is 10.9. The number of aryl methyl sites for hydroxylation is 2. The normalized spacial score (nSPS) is 13.4. The van der Waals surface area contributed by atoms with E-state index in [2.05, 4.69) is 182 Å². The molecule has 0 atom stereocenters. The van der Waals surface area contributed by atoms with Crippen molar-refractivity contribution in [3.63, 3.8) is 0 Å². The second-order valence-corrected chi connectivity index (χ2v) is 19.4. The Kier molecular flexibility index (Phi) is 7.66. The number of rotatable bonds is 2. The molecule has 0 fully saturated rings. The minimum atomic E-state index is 0.0595. The predicted molar refractivity (Wildman–Crippen MR) is 223 cm³/mol. The number of fused-ring (bicyclic) bond motifs is 2. The van der Waals surface area contributed by atoms with Crippen LogP contribution in [0.5, 0.6) is 0 Å². The number of benzene rings is 7. The van der Waals surface area contributed by atoms with Gasteiger partial charge < -0.3 is 0 Å². The summed E-state index contributed by atoms with van der Waals surface area (Å²) in [4.78, 5) is 0. The largest absolute Gasteiger partial charge is 0.0581 e. The molecule has 0 saturated carbocycles. The zero-order valence-corrected chi connectivity index (χ0v) is 33.1. The average Bonchev–Trinajstić information content (AvgIpc) is 3.02. The molecule has 0 unspecified atom stereocenters. The van der Waals surface area contributed by atoms with Crippen LogP contribution in [0.3, 0.4) is 0 Å². The highest BCUT2D eigenvalue weighted by Gasteiger charge is 2.24. The van der Waals surface area contributed by atoms with Gasteiger partial charge >= 0.3 is 0 Å². The van der Waals surface area contributed by atoms with Crippen molar-refractivity contribution >= 4 is 43.1 Å². The summed E-state index contributed by atoms with van der Waals surface area (Å²) in [6, 6.07) is 34.0. The summed E-state index contributed by atoms with van der Waals surface area (Å²) in [5.74, 6) is 0. The van der Waals surface area contributed by atoms with Crippen LogP contribution in [-0.4, -0.2) is 0 Å². The van der Waals surface area contributed by atoms with Gasteiger partial charge in [0, 0.05) is 0 Å². The van der Waals surface area contributed by atoms with E-state index in [-0.39, 0.29) is 21.7 Å². The monoisotopic (exact) mass is 656 g/mol. The van der Waals surface area contributed by atoms with Gasteiger partial charge in [-0.05, 0) is 158 Å². The highest BCUT2D eigenvalue weighted by Crippen LogP contribution is 2.46. The summed E-state index contributed by atoms with van der Waals surface area (Å²) in [5.41, 5.74) is 13.7. The lowest BCUT2D eigenvalue weighted by molar-refractivity contribution is 0.568. The Morgan fingerprint density at radius 1 is 0.280 bits per heavy atom. The van der Waals surface area contributed by atoms with E-state index in [9.17, 15) is 0 Å². The molecule has 0 saturated heterocycles. The van der Waals surface area contributed by atoms with Crippen molar-refractivity contribution in [3.8, 4) is 22.3 Å². The van der Waals surface area contributed by atoms with Gasteiger partial charge in [-0.1, -0.05) is 144 Å². The Morgan fingerprint density at radius 2 is 0.540 bits per heavy atom. The van der Waals surface area contributed by atoms with Gasteiger partial charge in [-0.3, -0.25) is 0 Å². The molecular formula is C50H56. The third kappa shape index (κ3) is 5.79. The van der Waals surface area contributed by atoms with Crippen molar-refractivity contribution < 1.29 is 0 Å². The lowest BCUT2D eigenvalue weighted by Gasteiger charge is -2.27. The van der Waals surface area contributed by atoms with E-state index < -0.39 is 0 Å². The Morgan fingerprint density at radius 3 is 0.820 bits per heavy atom. The molecule has 0 spiro atoms. The molecule has 50 heavy (non-hydrogen) atoms. The predicted octanol–water partition coefficient (Wildman–Crippen LogP) is 14.9. The second-order valence-electron chi connectivity index (χ2n) is 19.4. The van der Waals surface area contributed by atoms with E-state index in [1.54, 1.807) is 0 Å². The second kappa shape index (κ2) is 11.2. The summed E-state index contributed by atoms with van der Waals surface area (Å²) < 4.78 is 0. The minimum Gasteiger partial charge on any atom is -0.0581 e. The Balaban J connectivity index is 1.58. The lowest BCUT2D eigenvalue weighted by Crippen LogP contribution is -2.16. The molecule has 7 aromatic carbocycles. The van der Waals surface area contributed by atoms with Gasteiger partial charge in [0.1, 0.15) is 0 Å². The van der Waals surface area contributed by atoms with Crippen molar-refractivity contribution in [1.82, 2.24) is 0 Å². The Labute approximate surface area is 301 Å². The van der Waals surface area contributed by atoms with Gasteiger partial charge in [0.05, 0.1) is 0 Å². The van der Waals surface area contributed by atoms with E-state index in [0.717, 1.165) is 0 Å². The quantitative estimate of drug-likeness (QED) is 0.128. The molecule has 7 aromatic rings. The minimum absolute atomic E-state index is 0.0595. The lowest BCUT2D eigenvalue weighted by atomic mass is 9.78. The molecule has 0 heteroatoms. The van der Waals surface area contributed by atoms with E-state index in [1.807, 2.05) is 0 Å². The first-order chi connectivity index (χ1) is 23.1. The fourth-order valence-corrected chi connectivity index (χ4v) is 7.78. The van der Waals surface area contributed by atoms with Crippen LogP contribution >= 0.6 is 0 Å². The van der Waals surface area contributed by atoms with E-state index in [4.69, 9.17) is 0 Å². The smallest absolute Gasteiger partial charge is 0.00233 e. The van der Waals surface area contributed by atoms with Crippen LogP contribution in [0.2, 0.25) is 0 Å². The van der Waals surface area contributed by atoms with Crippen LogP contribution in [0.25, 0.3) is 65.3 Å². The van der Waals surface area contributed by atoms with Crippen molar-refractivity contribution in [1.29, 1.82) is 0 Å². The highest BCUT2D eigenvalue weighted by molar-refractivity contribution is 6.34. The van der Waals surface area contributed by atoms with Gasteiger partial charge in [-0.2, -0.15) is 0 Å². The van der Waals surface area contributed by atoms with Gasteiger partial charge in [-0.25, -0.2) is 0 Å². The molecular weight excluding hydrogens is 601 g/mol. The third-order valence-corrected chi connectivity index (χ3v) is 11.2. The number of hydrogen-bond donors (Lipinski definition) is 0. The van der Waals surface area contributed by atoms with Crippen molar-refractivity contribution in [2.75, 3.05) is 0 Å². The molecule has 0 aromatic heterocycles. The highest BCUT2D eigenvalue weighted by atomic mass is 14.3. The van der Waals surface area contributed by atoms with Gasteiger partial charge in [0.2, 0.25) is 0 Å². The SMILES string of the molecule is Cc1ccc2c3cc(-c4cc(C(C)(C)C)cc(C(C)(C)C)c4)cc4c(C)ccc(c5cc(-c6cc(C(C)(C)C)cc(C(C)(C)C)c6)cc1c25)c43. The third-order valence-electron chi connectivity index (χ3n) is 11.2. The summed E-state index contributed by atoms with van der Waals surface area (Å²) >= 11 is 0. The fourth-order valence-electron chi connectivity index (χ4n) is 7.78. The molecule has 0 radical (unpaired) electrons. The molecule has 0 N–H and O–H groups in total. The first-order valence-electron chi connectivity index (χ1n) is 18.6. The molecule has 0 heterocycles. The molecule has 0 aliphatic heterocycles. The molecule has 7 rings (SSSR count). The topological polar surface area (TPSA) is 0 Å². The van der Waals surface area contributed by atoms with Gasteiger partial charge in [-0.15, -0.1) is 0 Å². The standard InChI is InChI=1S/C50H56/c1-29-15-17-39-44-26-34(32-21-37(49(9,10)11)28-38(22-32)50(12,13)14)24-42-30(2)16-18-40(46(42)44)43-25-33(23-41(29)45(39)43)31-19-35(47(3,4)5)27-36(20-31)48(6,7)8/h15-28H,1-14H3. The van der Waals surface area contributed by atoms with Crippen LogP contribution in [0.1, 0.15) is 116 Å². The van der Waals surface area contributed by atoms with Crippen molar-refractivity contribution in [3.05, 3.63) is 118 Å². The van der Waals surface area contributed by atoms with E-state index >= 15 is 0 Å². The average molecular weight is 657 g/mol. The summed E-state index contributed by atoms with van der Waals surface area (Å²) in [7, 11) is 0. The zero-order chi connectivity index (χ0) is 36.3. The van der Waals surface area contributed by atoms with Crippen LogP contribution < -0.4 is 0 Å². The van der Waals surface area contributed by atoms with Crippen LogP contribution in [0.4, 0.5) is 0 Å². The van der Waals surface area contributed by atoms with Crippen LogP contribution in [-0.2, 0) is 21.7 Å². The zero-order valence-electron chi connectivity index (χ0n) is 33.1. The Bertz CT molecular complexity index is 2210. The van der Waals surface area contributed by atoms with Crippen molar-refractivity contribution in [2.24, 2.45) is 0 Å². The van der Waals surface area contributed by atoms with Crippen LogP contribution in [0, 0.1) is 13.8 Å². The Hall–Kier alpha value is -4.16. The first-order valence-corrected chi connectivity index (χ1v) is 18.6. The molecule has 256 valence electrons.